The van der Waals surface area contributed by atoms with Crippen LogP contribution in [0.3, 0.4) is 0 Å². The molecule has 1 fully saturated rings. The average molecular weight is 353 g/mol. The number of nitrogens with zero attached hydrogens (tertiary/aromatic N) is 3. The van der Waals surface area contributed by atoms with Crippen molar-refractivity contribution in [2.75, 3.05) is 19.7 Å². The zero-order chi connectivity index (χ0) is 17.9. The Morgan fingerprint density at radius 3 is 2.88 bits per heavy atom. The summed E-state index contributed by atoms with van der Waals surface area (Å²) < 4.78 is 20.6. The highest BCUT2D eigenvalue weighted by Crippen LogP contribution is 2.21. The van der Waals surface area contributed by atoms with Crippen molar-refractivity contribution in [1.82, 2.24) is 14.3 Å². The fourth-order valence-corrected chi connectivity index (χ4v) is 3.33. The minimum absolute atomic E-state index is 0.0415. The Kier molecular flexibility index (Phi) is 4.56. The molecule has 26 heavy (non-hydrogen) atoms. The number of aromatic nitrogens is 2. The number of rotatable bonds is 4. The maximum absolute atomic E-state index is 13.0. The van der Waals surface area contributed by atoms with Crippen molar-refractivity contribution in [3.05, 3.63) is 66.4 Å². The number of hydrogen-bond acceptors (Lipinski definition) is 3. The van der Waals surface area contributed by atoms with Gasteiger partial charge in [-0.1, -0.05) is 6.07 Å². The van der Waals surface area contributed by atoms with Crippen LogP contribution in [0.5, 0.6) is 5.75 Å². The molecule has 1 aliphatic rings. The summed E-state index contributed by atoms with van der Waals surface area (Å²) in [5.41, 5.74) is 1.24. The van der Waals surface area contributed by atoms with E-state index in [1.807, 2.05) is 33.7 Å². The van der Waals surface area contributed by atoms with Crippen LogP contribution in [0.4, 0.5) is 4.39 Å². The van der Waals surface area contributed by atoms with Crippen molar-refractivity contribution in [2.24, 2.45) is 5.92 Å². The number of carbonyl (C=O) groups excluding carboxylic acids is 1. The summed E-state index contributed by atoms with van der Waals surface area (Å²) in [4.78, 5) is 19.1. The van der Waals surface area contributed by atoms with Gasteiger partial charge in [-0.3, -0.25) is 4.79 Å². The minimum atomic E-state index is -0.278. The van der Waals surface area contributed by atoms with E-state index in [4.69, 9.17) is 4.74 Å². The van der Waals surface area contributed by atoms with E-state index < -0.39 is 0 Å². The first kappa shape index (κ1) is 16.6. The Morgan fingerprint density at radius 1 is 1.23 bits per heavy atom. The van der Waals surface area contributed by atoms with E-state index >= 15 is 0 Å². The molecule has 0 spiro atoms. The van der Waals surface area contributed by atoms with Crippen LogP contribution in [0.25, 0.3) is 5.65 Å². The number of likely N-dealkylation sites (tertiary alicyclic amines) is 1. The van der Waals surface area contributed by atoms with Gasteiger partial charge in [-0.15, -0.1) is 0 Å². The number of piperidine rings is 1. The molecule has 6 heteroatoms. The largest absolute Gasteiger partial charge is 0.493 e. The molecule has 134 valence electrons. The zero-order valence-electron chi connectivity index (χ0n) is 14.3. The lowest BCUT2D eigenvalue weighted by molar-refractivity contribution is 0.0628. The van der Waals surface area contributed by atoms with Crippen LogP contribution in [-0.2, 0) is 0 Å². The fraction of sp³-hybridized carbons (Fsp3) is 0.300. The van der Waals surface area contributed by atoms with Crippen molar-refractivity contribution < 1.29 is 13.9 Å². The smallest absolute Gasteiger partial charge is 0.274 e. The monoisotopic (exact) mass is 353 g/mol. The average Bonchev–Trinajstić information content (AvgIpc) is 3.11. The lowest BCUT2D eigenvalue weighted by Crippen LogP contribution is -2.41. The number of ether oxygens (including phenoxy) is 1. The molecule has 4 rings (SSSR count). The summed E-state index contributed by atoms with van der Waals surface area (Å²) in [5.74, 6) is 0.587. The third-order valence-electron chi connectivity index (χ3n) is 4.69. The van der Waals surface area contributed by atoms with Gasteiger partial charge in [-0.25, -0.2) is 9.37 Å². The molecule has 0 aliphatic carbocycles. The number of fused-ring (bicyclic) bond motifs is 1. The molecule has 1 amide bonds. The van der Waals surface area contributed by atoms with Crippen LogP contribution in [0.1, 0.15) is 23.3 Å². The van der Waals surface area contributed by atoms with Gasteiger partial charge in [0.25, 0.3) is 5.91 Å². The summed E-state index contributed by atoms with van der Waals surface area (Å²) in [6.45, 7) is 1.90. The Bertz CT molecular complexity index is 874. The normalized spacial score (nSPS) is 17.4. The second kappa shape index (κ2) is 7.15. The zero-order valence-corrected chi connectivity index (χ0v) is 14.3. The summed E-state index contributed by atoms with van der Waals surface area (Å²) in [6.07, 6.45) is 5.61. The summed E-state index contributed by atoms with van der Waals surface area (Å²) in [6, 6.07) is 11.7. The molecule has 0 radical (unpaired) electrons. The Morgan fingerprint density at radius 2 is 2.08 bits per heavy atom. The summed E-state index contributed by atoms with van der Waals surface area (Å²) >= 11 is 0. The molecule has 3 aromatic rings. The molecule has 2 aromatic heterocycles. The summed E-state index contributed by atoms with van der Waals surface area (Å²) in [5, 5.41) is 0. The van der Waals surface area contributed by atoms with Gasteiger partial charge in [0.15, 0.2) is 0 Å². The van der Waals surface area contributed by atoms with Crippen molar-refractivity contribution in [3.8, 4) is 5.75 Å². The number of hydrogen-bond donors (Lipinski definition) is 0. The number of halogens is 1. The maximum Gasteiger partial charge on any atom is 0.274 e. The van der Waals surface area contributed by atoms with Crippen molar-refractivity contribution in [3.63, 3.8) is 0 Å². The van der Waals surface area contributed by atoms with Crippen LogP contribution in [-0.4, -0.2) is 39.9 Å². The first-order valence-electron chi connectivity index (χ1n) is 8.80. The van der Waals surface area contributed by atoms with E-state index in [1.165, 1.54) is 12.1 Å². The van der Waals surface area contributed by atoms with Gasteiger partial charge in [0.1, 0.15) is 22.9 Å². The van der Waals surface area contributed by atoms with Gasteiger partial charge in [0.2, 0.25) is 0 Å². The van der Waals surface area contributed by atoms with Crippen molar-refractivity contribution >= 4 is 11.6 Å². The third kappa shape index (κ3) is 3.54. The molecule has 1 aliphatic heterocycles. The first-order valence-corrected chi connectivity index (χ1v) is 8.80. The standard InChI is InChI=1S/C20H20FN3O2/c21-16-6-8-17(9-7-16)26-14-15-4-3-11-24(12-15)20(25)18-13-23-10-2-1-5-19(23)22-18/h1-2,5-10,13,15H,3-4,11-12,14H2/t15-/m1/s1. The highest BCUT2D eigenvalue weighted by molar-refractivity contribution is 5.93. The van der Waals surface area contributed by atoms with E-state index in [1.54, 1.807) is 18.3 Å². The van der Waals surface area contributed by atoms with Crippen LogP contribution in [0.15, 0.2) is 54.9 Å². The van der Waals surface area contributed by atoms with Crippen molar-refractivity contribution in [2.45, 2.75) is 12.8 Å². The van der Waals surface area contributed by atoms with Gasteiger partial charge in [0.05, 0.1) is 6.61 Å². The predicted molar refractivity (Wildman–Crippen MR) is 95.7 cm³/mol. The third-order valence-corrected chi connectivity index (χ3v) is 4.69. The topological polar surface area (TPSA) is 46.8 Å². The summed E-state index contributed by atoms with van der Waals surface area (Å²) in [7, 11) is 0. The molecule has 1 aromatic carbocycles. The van der Waals surface area contributed by atoms with E-state index in [0.29, 0.717) is 24.6 Å². The Hall–Kier alpha value is -2.89. The maximum atomic E-state index is 13.0. The molecular weight excluding hydrogens is 333 g/mol. The molecule has 0 saturated carbocycles. The quantitative estimate of drug-likeness (QED) is 0.722. The van der Waals surface area contributed by atoms with E-state index in [0.717, 1.165) is 25.0 Å². The molecule has 3 heterocycles. The van der Waals surface area contributed by atoms with Gasteiger partial charge >= 0.3 is 0 Å². The van der Waals surface area contributed by atoms with Crippen LogP contribution < -0.4 is 4.74 Å². The van der Waals surface area contributed by atoms with Gasteiger partial charge in [-0.2, -0.15) is 0 Å². The lowest BCUT2D eigenvalue weighted by Gasteiger charge is -2.32. The number of imidazole rings is 1. The number of carbonyl (C=O) groups is 1. The number of benzene rings is 1. The lowest BCUT2D eigenvalue weighted by atomic mass is 9.98. The second-order valence-corrected chi connectivity index (χ2v) is 6.62. The van der Waals surface area contributed by atoms with Gasteiger partial charge in [0, 0.05) is 31.4 Å². The number of pyridine rings is 1. The van der Waals surface area contributed by atoms with E-state index in [9.17, 15) is 9.18 Å². The van der Waals surface area contributed by atoms with E-state index in [2.05, 4.69) is 4.98 Å². The molecular formula is C20H20FN3O2. The Balaban J connectivity index is 1.39. The highest BCUT2D eigenvalue weighted by atomic mass is 19.1. The highest BCUT2D eigenvalue weighted by Gasteiger charge is 2.26. The van der Waals surface area contributed by atoms with Crippen molar-refractivity contribution in [1.29, 1.82) is 0 Å². The molecule has 5 nitrogen and oxygen atoms in total. The first-order chi connectivity index (χ1) is 12.7. The Labute approximate surface area is 151 Å². The molecule has 1 atom stereocenters. The van der Waals surface area contributed by atoms with E-state index in [-0.39, 0.29) is 17.6 Å². The molecule has 1 saturated heterocycles. The fourth-order valence-electron chi connectivity index (χ4n) is 3.33. The minimum Gasteiger partial charge on any atom is -0.493 e. The molecule has 0 N–H and O–H groups in total. The SMILES string of the molecule is O=C(c1cn2ccccc2n1)N1CCC[C@@H](COc2ccc(F)cc2)C1. The van der Waals surface area contributed by atoms with Crippen LogP contribution >= 0.6 is 0 Å². The number of amides is 1. The van der Waals surface area contributed by atoms with Gasteiger partial charge in [-0.05, 0) is 49.2 Å². The van der Waals surface area contributed by atoms with Crippen LogP contribution in [0, 0.1) is 11.7 Å². The second-order valence-electron chi connectivity index (χ2n) is 6.62. The molecule has 0 unspecified atom stereocenters. The predicted octanol–water partition coefficient (Wildman–Crippen LogP) is 3.40. The molecule has 0 bridgehead atoms. The van der Waals surface area contributed by atoms with Gasteiger partial charge < -0.3 is 14.0 Å². The van der Waals surface area contributed by atoms with Crippen LogP contribution in [0.2, 0.25) is 0 Å².